The molecule has 96 valence electrons. The number of ether oxygens (including phenoxy) is 1. The van der Waals surface area contributed by atoms with Gasteiger partial charge >= 0.3 is 0 Å². The number of hydrogen-bond acceptors (Lipinski definition) is 4. The molecule has 0 unspecified atom stereocenters. The molecule has 0 saturated heterocycles. The molecule has 0 fully saturated rings. The predicted molar refractivity (Wildman–Crippen MR) is 61.4 cm³/mol. The third kappa shape index (κ3) is 3.51. The number of halogens is 2. The second kappa shape index (κ2) is 4.81. The predicted octanol–water partition coefficient (Wildman–Crippen LogP) is 2.31. The van der Waals surface area contributed by atoms with Gasteiger partial charge in [-0.05, 0) is 6.92 Å². The van der Waals surface area contributed by atoms with Crippen LogP contribution in [0.2, 0.25) is 0 Å². The van der Waals surface area contributed by atoms with Gasteiger partial charge < -0.3 is 10.5 Å². The van der Waals surface area contributed by atoms with E-state index in [0.717, 1.165) is 0 Å². The van der Waals surface area contributed by atoms with Gasteiger partial charge in [-0.1, -0.05) is 20.8 Å². The van der Waals surface area contributed by atoms with E-state index in [1.54, 1.807) is 6.92 Å². The van der Waals surface area contributed by atoms with Gasteiger partial charge in [-0.2, -0.15) is 4.98 Å². The topological polar surface area (TPSA) is 61.0 Å². The van der Waals surface area contributed by atoms with E-state index in [1.165, 1.54) is 0 Å². The molecule has 6 heteroatoms. The maximum atomic E-state index is 12.1. The molecule has 2 N–H and O–H groups in total. The Balaban J connectivity index is 3.07. The molecule has 0 radical (unpaired) electrons. The van der Waals surface area contributed by atoms with Crippen LogP contribution in [0.3, 0.4) is 0 Å². The molecule has 0 saturated carbocycles. The van der Waals surface area contributed by atoms with Crippen molar-refractivity contribution in [1.29, 1.82) is 0 Å². The molecular formula is C11H17F2N3O. The summed E-state index contributed by atoms with van der Waals surface area (Å²) in [6.07, 6.45) is -2.54. The summed E-state index contributed by atoms with van der Waals surface area (Å²) in [4.78, 5) is 8.26. The molecule has 0 aliphatic rings. The fourth-order valence-corrected chi connectivity index (χ4v) is 1.13. The van der Waals surface area contributed by atoms with Gasteiger partial charge in [-0.15, -0.1) is 0 Å². The van der Waals surface area contributed by atoms with Crippen LogP contribution in [0.5, 0.6) is 5.88 Å². The monoisotopic (exact) mass is 245 g/mol. The molecule has 1 aromatic rings. The summed E-state index contributed by atoms with van der Waals surface area (Å²) in [5.41, 5.74) is 5.88. The van der Waals surface area contributed by atoms with Crippen molar-refractivity contribution >= 4 is 5.82 Å². The maximum absolute atomic E-state index is 12.1. The summed E-state index contributed by atoms with van der Waals surface area (Å²) in [6, 6.07) is 0. The molecule has 17 heavy (non-hydrogen) atoms. The summed E-state index contributed by atoms with van der Waals surface area (Å²) < 4.78 is 29.1. The number of rotatable bonds is 3. The second-order valence-corrected chi connectivity index (χ2v) is 4.81. The highest BCUT2D eigenvalue weighted by molar-refractivity contribution is 5.45. The summed E-state index contributed by atoms with van der Waals surface area (Å²) in [7, 11) is 0. The van der Waals surface area contributed by atoms with Crippen LogP contribution >= 0.6 is 0 Å². The smallest absolute Gasteiger partial charge is 0.272 e. The van der Waals surface area contributed by atoms with Gasteiger partial charge in [0.1, 0.15) is 11.6 Å². The van der Waals surface area contributed by atoms with Crippen molar-refractivity contribution in [2.45, 2.75) is 39.5 Å². The van der Waals surface area contributed by atoms with Gasteiger partial charge in [0.25, 0.3) is 6.43 Å². The first-order valence-corrected chi connectivity index (χ1v) is 5.27. The van der Waals surface area contributed by atoms with Crippen molar-refractivity contribution < 1.29 is 13.5 Å². The van der Waals surface area contributed by atoms with E-state index in [4.69, 9.17) is 10.5 Å². The van der Waals surface area contributed by atoms with Gasteiger partial charge in [0.05, 0.1) is 5.56 Å². The number of nitrogens with two attached hydrogens (primary N) is 1. The lowest BCUT2D eigenvalue weighted by Gasteiger charge is -2.19. The molecule has 1 heterocycles. The molecule has 1 rings (SSSR count). The number of nitrogens with zero attached hydrogens (tertiary/aromatic N) is 2. The quantitative estimate of drug-likeness (QED) is 0.887. The van der Waals surface area contributed by atoms with Crippen molar-refractivity contribution in [3.63, 3.8) is 0 Å². The molecule has 0 bridgehead atoms. The Morgan fingerprint density at radius 1 is 1.29 bits per heavy atom. The highest BCUT2D eigenvalue weighted by atomic mass is 19.3. The Kier molecular flexibility index (Phi) is 3.85. The number of aromatic nitrogens is 2. The lowest BCUT2D eigenvalue weighted by Crippen LogP contribution is -2.19. The number of nitrogen functional groups attached to an aromatic ring is 1. The molecule has 0 aliphatic heterocycles. The Bertz CT molecular complexity index is 402. The number of hydrogen-bond donors (Lipinski definition) is 1. The van der Waals surface area contributed by atoms with Crippen molar-refractivity contribution in [3.8, 4) is 5.88 Å². The second-order valence-electron chi connectivity index (χ2n) is 4.81. The van der Waals surface area contributed by atoms with Crippen LogP contribution in [0, 0.1) is 6.92 Å². The van der Waals surface area contributed by atoms with Gasteiger partial charge in [-0.25, -0.2) is 13.8 Å². The van der Waals surface area contributed by atoms with Crippen molar-refractivity contribution in [2.75, 3.05) is 12.3 Å². The average Bonchev–Trinajstić information content (AvgIpc) is 2.18. The van der Waals surface area contributed by atoms with Crippen LogP contribution in [0.1, 0.15) is 32.2 Å². The zero-order chi connectivity index (χ0) is 13.2. The molecule has 1 aromatic heterocycles. The normalized spacial score (nSPS) is 11.9. The van der Waals surface area contributed by atoms with Gasteiger partial charge in [0.2, 0.25) is 5.88 Å². The molecule has 0 aliphatic carbocycles. The van der Waals surface area contributed by atoms with Crippen LogP contribution in [0.4, 0.5) is 14.6 Å². The minimum absolute atomic E-state index is 0.128. The highest BCUT2D eigenvalue weighted by Gasteiger charge is 2.21. The SMILES string of the molecule is Cc1c(N)nc(C(C)(C)C)nc1OCC(F)F. The highest BCUT2D eigenvalue weighted by Crippen LogP contribution is 2.26. The van der Waals surface area contributed by atoms with E-state index < -0.39 is 13.0 Å². The lowest BCUT2D eigenvalue weighted by atomic mass is 9.95. The van der Waals surface area contributed by atoms with Crippen molar-refractivity contribution in [1.82, 2.24) is 9.97 Å². The largest absolute Gasteiger partial charge is 0.471 e. The molecule has 0 aromatic carbocycles. The lowest BCUT2D eigenvalue weighted by molar-refractivity contribution is 0.0789. The van der Waals surface area contributed by atoms with Gasteiger partial charge in [-0.3, -0.25) is 0 Å². The van der Waals surface area contributed by atoms with E-state index in [-0.39, 0.29) is 17.1 Å². The van der Waals surface area contributed by atoms with Crippen molar-refractivity contribution in [3.05, 3.63) is 11.4 Å². The van der Waals surface area contributed by atoms with Crippen LogP contribution < -0.4 is 10.5 Å². The minimum atomic E-state index is -2.54. The zero-order valence-corrected chi connectivity index (χ0v) is 10.4. The first-order chi connectivity index (χ1) is 7.71. The van der Waals surface area contributed by atoms with E-state index in [0.29, 0.717) is 11.4 Å². The fraction of sp³-hybridized carbons (Fsp3) is 0.636. The summed E-state index contributed by atoms with van der Waals surface area (Å²) in [5, 5.41) is 0. The minimum Gasteiger partial charge on any atom is -0.471 e. The summed E-state index contributed by atoms with van der Waals surface area (Å²) >= 11 is 0. The maximum Gasteiger partial charge on any atom is 0.272 e. The van der Waals surface area contributed by atoms with Crippen LogP contribution in [-0.2, 0) is 5.41 Å². The van der Waals surface area contributed by atoms with E-state index in [2.05, 4.69) is 9.97 Å². The van der Waals surface area contributed by atoms with Gasteiger partial charge in [0.15, 0.2) is 6.61 Å². The third-order valence-electron chi connectivity index (χ3n) is 2.16. The Morgan fingerprint density at radius 3 is 2.35 bits per heavy atom. The molecule has 0 atom stereocenters. The number of anilines is 1. The first kappa shape index (κ1) is 13.6. The standard InChI is InChI=1S/C11H17F2N3O/c1-6-8(14)15-10(11(2,3)4)16-9(6)17-5-7(12)13/h7H,5H2,1-4H3,(H2,14,15,16). The average molecular weight is 245 g/mol. The Labute approximate surface area is 99.2 Å². The third-order valence-corrected chi connectivity index (χ3v) is 2.16. The molecule has 0 amide bonds. The zero-order valence-electron chi connectivity index (χ0n) is 10.4. The van der Waals surface area contributed by atoms with E-state index in [1.807, 2.05) is 20.8 Å². The van der Waals surface area contributed by atoms with Crippen LogP contribution in [0.25, 0.3) is 0 Å². The van der Waals surface area contributed by atoms with Gasteiger partial charge in [0, 0.05) is 5.41 Å². The first-order valence-electron chi connectivity index (χ1n) is 5.27. The van der Waals surface area contributed by atoms with E-state index in [9.17, 15) is 8.78 Å². The van der Waals surface area contributed by atoms with Crippen LogP contribution in [-0.4, -0.2) is 23.0 Å². The molecule has 4 nitrogen and oxygen atoms in total. The Morgan fingerprint density at radius 2 is 1.88 bits per heavy atom. The van der Waals surface area contributed by atoms with Crippen LogP contribution in [0.15, 0.2) is 0 Å². The fourth-order valence-electron chi connectivity index (χ4n) is 1.13. The van der Waals surface area contributed by atoms with Crippen molar-refractivity contribution in [2.24, 2.45) is 0 Å². The molecular weight excluding hydrogens is 228 g/mol. The van der Waals surface area contributed by atoms with E-state index >= 15 is 0 Å². The molecule has 0 spiro atoms. The summed E-state index contributed by atoms with van der Waals surface area (Å²) in [5.74, 6) is 0.863. The number of alkyl halides is 2. The Hall–Kier alpha value is -1.46. The summed E-state index contributed by atoms with van der Waals surface area (Å²) in [6.45, 7) is 6.68.